The lowest BCUT2D eigenvalue weighted by Gasteiger charge is -2.34. The minimum atomic E-state index is -1.16. The zero-order valence-electron chi connectivity index (χ0n) is 8.64. The van der Waals surface area contributed by atoms with Crippen molar-refractivity contribution in [2.75, 3.05) is 13.1 Å². The van der Waals surface area contributed by atoms with Crippen molar-refractivity contribution in [3.63, 3.8) is 0 Å². The minimum absolute atomic E-state index is 0.775. The average molecular weight is 183 g/mol. The summed E-state index contributed by atoms with van der Waals surface area (Å²) in [5, 5.41) is 0. The Morgan fingerprint density at radius 1 is 1.33 bits per heavy atom. The van der Waals surface area contributed by atoms with Gasteiger partial charge in [-0.3, -0.25) is 0 Å². The smallest absolute Gasteiger partial charge is 0.0890 e. The minimum Gasteiger partial charge on any atom is -0.303 e. The van der Waals surface area contributed by atoms with Gasteiger partial charge in [0, 0.05) is 5.67 Å². The standard InChI is InChI=1S/C10H21NSi/c1-5-12(3,4)10(2)11-8-6-7-9-11/h5,10H,1,6-9H2,2-4H3. The molecule has 1 heterocycles. The second kappa shape index (κ2) is 3.75. The van der Waals surface area contributed by atoms with E-state index >= 15 is 0 Å². The maximum Gasteiger partial charge on any atom is 0.0890 e. The van der Waals surface area contributed by atoms with Gasteiger partial charge in [-0.05, 0) is 25.9 Å². The first kappa shape index (κ1) is 10.0. The van der Waals surface area contributed by atoms with Crippen molar-refractivity contribution in [1.82, 2.24) is 4.90 Å². The number of hydrogen-bond donors (Lipinski definition) is 0. The molecule has 1 unspecified atom stereocenters. The van der Waals surface area contributed by atoms with Crippen LogP contribution in [0.2, 0.25) is 13.1 Å². The Labute approximate surface area is 77.5 Å². The highest BCUT2D eigenvalue weighted by atomic mass is 28.3. The van der Waals surface area contributed by atoms with Crippen molar-refractivity contribution in [2.45, 2.75) is 38.5 Å². The van der Waals surface area contributed by atoms with E-state index in [-0.39, 0.29) is 0 Å². The highest BCUT2D eigenvalue weighted by Gasteiger charge is 2.30. The topological polar surface area (TPSA) is 3.24 Å². The quantitative estimate of drug-likeness (QED) is 0.608. The van der Waals surface area contributed by atoms with Gasteiger partial charge < -0.3 is 4.90 Å². The van der Waals surface area contributed by atoms with Gasteiger partial charge in [-0.2, -0.15) is 0 Å². The van der Waals surface area contributed by atoms with Gasteiger partial charge in [0.25, 0.3) is 0 Å². The van der Waals surface area contributed by atoms with E-state index in [0.29, 0.717) is 0 Å². The molecule has 1 nitrogen and oxygen atoms in total. The highest BCUT2D eigenvalue weighted by molar-refractivity contribution is 6.83. The van der Waals surface area contributed by atoms with Crippen molar-refractivity contribution < 1.29 is 0 Å². The summed E-state index contributed by atoms with van der Waals surface area (Å²) >= 11 is 0. The number of nitrogens with zero attached hydrogens (tertiary/aromatic N) is 1. The van der Waals surface area contributed by atoms with E-state index in [9.17, 15) is 0 Å². The third-order valence-electron chi connectivity index (χ3n) is 3.29. The van der Waals surface area contributed by atoms with Crippen LogP contribution in [0, 0.1) is 0 Å². The Morgan fingerprint density at radius 3 is 2.25 bits per heavy atom. The molecular formula is C10H21NSi. The van der Waals surface area contributed by atoms with Crippen LogP contribution in [0.25, 0.3) is 0 Å². The van der Waals surface area contributed by atoms with Crippen LogP contribution in [0.3, 0.4) is 0 Å². The molecule has 12 heavy (non-hydrogen) atoms. The molecule has 1 saturated heterocycles. The van der Waals surface area contributed by atoms with Gasteiger partial charge >= 0.3 is 0 Å². The molecule has 1 aliphatic rings. The molecule has 0 amide bonds. The fourth-order valence-electron chi connectivity index (χ4n) is 1.77. The second-order valence-electron chi connectivity index (χ2n) is 4.44. The SMILES string of the molecule is C=C[Si](C)(C)C(C)N1CCCC1. The van der Waals surface area contributed by atoms with E-state index in [2.05, 4.69) is 37.2 Å². The zero-order chi connectivity index (χ0) is 9.19. The van der Waals surface area contributed by atoms with Gasteiger partial charge in [0.15, 0.2) is 0 Å². The van der Waals surface area contributed by atoms with E-state index < -0.39 is 8.07 Å². The molecule has 0 saturated carbocycles. The van der Waals surface area contributed by atoms with Gasteiger partial charge in [-0.15, -0.1) is 12.3 Å². The molecule has 0 spiro atoms. The summed E-state index contributed by atoms with van der Waals surface area (Å²) in [7, 11) is -1.16. The van der Waals surface area contributed by atoms with E-state index in [0.717, 1.165) is 5.67 Å². The molecule has 0 aliphatic carbocycles. The van der Waals surface area contributed by atoms with Crippen LogP contribution in [-0.4, -0.2) is 31.7 Å². The highest BCUT2D eigenvalue weighted by Crippen LogP contribution is 2.20. The Balaban J connectivity index is 2.55. The Kier molecular flexibility index (Phi) is 3.13. The summed E-state index contributed by atoms with van der Waals surface area (Å²) in [6.45, 7) is 13.8. The van der Waals surface area contributed by atoms with Gasteiger partial charge in [-0.1, -0.05) is 20.0 Å². The predicted molar refractivity (Wildman–Crippen MR) is 57.9 cm³/mol. The first-order valence-corrected chi connectivity index (χ1v) is 8.11. The lowest BCUT2D eigenvalue weighted by molar-refractivity contribution is 0.317. The fourth-order valence-corrected chi connectivity index (χ4v) is 3.31. The van der Waals surface area contributed by atoms with Crippen LogP contribution in [0.5, 0.6) is 0 Å². The molecular weight excluding hydrogens is 162 g/mol. The lowest BCUT2D eigenvalue weighted by Crippen LogP contribution is -2.48. The Bertz CT molecular complexity index is 159. The predicted octanol–water partition coefficient (Wildman–Crippen LogP) is 2.44. The molecule has 1 rings (SSSR count). The van der Waals surface area contributed by atoms with Gasteiger partial charge in [0.1, 0.15) is 0 Å². The van der Waals surface area contributed by atoms with Gasteiger partial charge in [0.2, 0.25) is 0 Å². The summed E-state index contributed by atoms with van der Waals surface area (Å²) in [6, 6.07) is 0. The van der Waals surface area contributed by atoms with Crippen LogP contribution in [-0.2, 0) is 0 Å². The fraction of sp³-hybridized carbons (Fsp3) is 0.800. The van der Waals surface area contributed by atoms with Crippen LogP contribution < -0.4 is 0 Å². The van der Waals surface area contributed by atoms with Crippen molar-refractivity contribution in [3.8, 4) is 0 Å². The van der Waals surface area contributed by atoms with Crippen LogP contribution in [0.15, 0.2) is 12.3 Å². The maximum absolute atomic E-state index is 3.96. The van der Waals surface area contributed by atoms with Crippen LogP contribution in [0.1, 0.15) is 19.8 Å². The largest absolute Gasteiger partial charge is 0.303 e. The van der Waals surface area contributed by atoms with Gasteiger partial charge in [-0.25, -0.2) is 0 Å². The zero-order valence-corrected chi connectivity index (χ0v) is 9.64. The van der Waals surface area contributed by atoms with E-state index in [1.54, 1.807) is 0 Å². The molecule has 0 aromatic rings. The monoisotopic (exact) mass is 183 g/mol. The lowest BCUT2D eigenvalue weighted by atomic mass is 10.4. The molecule has 0 N–H and O–H groups in total. The number of rotatable bonds is 3. The molecule has 0 bridgehead atoms. The summed E-state index contributed by atoms with van der Waals surface area (Å²) in [4.78, 5) is 2.63. The molecule has 2 heteroatoms. The van der Waals surface area contributed by atoms with Crippen molar-refractivity contribution in [1.29, 1.82) is 0 Å². The van der Waals surface area contributed by atoms with E-state index in [1.165, 1.54) is 25.9 Å². The number of likely N-dealkylation sites (tertiary alicyclic amines) is 1. The van der Waals surface area contributed by atoms with Crippen molar-refractivity contribution in [2.24, 2.45) is 0 Å². The van der Waals surface area contributed by atoms with Crippen molar-refractivity contribution in [3.05, 3.63) is 12.3 Å². The molecule has 1 atom stereocenters. The van der Waals surface area contributed by atoms with E-state index in [1.807, 2.05) is 0 Å². The summed E-state index contributed by atoms with van der Waals surface area (Å²) in [5.74, 6) is 0. The Morgan fingerprint density at radius 2 is 1.83 bits per heavy atom. The number of hydrogen-bond acceptors (Lipinski definition) is 1. The molecule has 0 aromatic heterocycles. The van der Waals surface area contributed by atoms with Crippen LogP contribution >= 0.6 is 0 Å². The molecule has 0 radical (unpaired) electrons. The normalized spacial score (nSPS) is 22.6. The summed E-state index contributed by atoms with van der Waals surface area (Å²) in [6.07, 6.45) is 2.79. The van der Waals surface area contributed by atoms with Crippen molar-refractivity contribution >= 4 is 8.07 Å². The maximum atomic E-state index is 3.96. The third-order valence-corrected chi connectivity index (χ3v) is 6.86. The van der Waals surface area contributed by atoms with Crippen LogP contribution in [0.4, 0.5) is 0 Å². The molecule has 0 aromatic carbocycles. The third kappa shape index (κ3) is 1.99. The first-order valence-electron chi connectivity index (χ1n) is 4.95. The second-order valence-corrected chi connectivity index (χ2v) is 9.33. The summed E-state index contributed by atoms with van der Waals surface area (Å²) < 4.78 is 0. The average Bonchev–Trinajstić information content (AvgIpc) is 2.55. The molecule has 70 valence electrons. The molecule has 1 fully saturated rings. The van der Waals surface area contributed by atoms with Gasteiger partial charge in [0.05, 0.1) is 8.07 Å². The summed E-state index contributed by atoms with van der Waals surface area (Å²) in [5.41, 5.74) is 2.99. The first-order chi connectivity index (χ1) is 5.58. The Hall–Kier alpha value is -0.0831. The molecule has 1 aliphatic heterocycles. The van der Waals surface area contributed by atoms with E-state index in [4.69, 9.17) is 0 Å².